The minimum atomic E-state index is 0.279. The van der Waals surface area contributed by atoms with Crippen LogP contribution in [0, 0.1) is 33.1 Å². The minimum absolute atomic E-state index is 0.279. The number of hydrogen-bond donors (Lipinski definition) is 1. The second-order valence-electron chi connectivity index (χ2n) is 5.90. The molecule has 0 aliphatic rings. The summed E-state index contributed by atoms with van der Waals surface area (Å²) >= 11 is 0. The highest BCUT2D eigenvalue weighted by Crippen LogP contribution is 2.32. The van der Waals surface area contributed by atoms with Gasteiger partial charge in [0, 0.05) is 11.5 Å². The Morgan fingerprint density at radius 1 is 1.19 bits per heavy atom. The average molecular weight is 281 g/mol. The summed E-state index contributed by atoms with van der Waals surface area (Å²) in [5, 5.41) is 0. The van der Waals surface area contributed by atoms with Crippen molar-refractivity contribution in [1.29, 1.82) is 0 Å². The van der Waals surface area contributed by atoms with Crippen LogP contribution in [0.4, 0.5) is 5.82 Å². The molecule has 2 rings (SSSR count). The average Bonchev–Trinajstić information content (AvgIpc) is 2.73. The van der Waals surface area contributed by atoms with Crippen LogP contribution in [0.3, 0.4) is 0 Å². The summed E-state index contributed by atoms with van der Waals surface area (Å²) in [5.41, 5.74) is 12.0. The third-order valence-electron chi connectivity index (χ3n) is 3.90. The smallest absolute Gasteiger partial charge is 0.132 e. The van der Waals surface area contributed by atoms with E-state index in [2.05, 4.69) is 52.7 Å². The molecule has 0 radical (unpaired) electrons. The van der Waals surface area contributed by atoms with Crippen molar-refractivity contribution in [3.63, 3.8) is 0 Å². The summed E-state index contributed by atoms with van der Waals surface area (Å²) in [6.07, 6.45) is 5.47. The highest BCUT2D eigenvalue weighted by molar-refractivity contribution is 5.75. The lowest BCUT2D eigenvalue weighted by Crippen LogP contribution is -2.07. The summed E-state index contributed by atoms with van der Waals surface area (Å²) in [5.74, 6) is 4.54. The maximum absolute atomic E-state index is 6.32. The van der Waals surface area contributed by atoms with Gasteiger partial charge in [-0.3, -0.25) is 0 Å². The van der Waals surface area contributed by atoms with Gasteiger partial charge in [-0.15, -0.1) is 6.42 Å². The van der Waals surface area contributed by atoms with E-state index in [0.717, 1.165) is 17.1 Å². The molecule has 110 valence electrons. The number of hydrogen-bond acceptors (Lipinski definition) is 2. The molecule has 2 aromatic rings. The van der Waals surface area contributed by atoms with Crippen LogP contribution in [0.5, 0.6) is 0 Å². The predicted octanol–water partition coefficient (Wildman–Crippen LogP) is 3.81. The van der Waals surface area contributed by atoms with Gasteiger partial charge in [0.1, 0.15) is 17.3 Å². The number of benzene rings is 1. The van der Waals surface area contributed by atoms with Crippen molar-refractivity contribution in [2.75, 3.05) is 5.73 Å². The van der Waals surface area contributed by atoms with Crippen LogP contribution >= 0.6 is 0 Å². The van der Waals surface area contributed by atoms with Crippen molar-refractivity contribution < 1.29 is 0 Å². The lowest BCUT2D eigenvalue weighted by atomic mass is 9.99. The molecule has 0 saturated carbocycles. The quantitative estimate of drug-likeness (QED) is 0.869. The molecular formula is C18H23N3. The Balaban J connectivity index is 2.68. The Hall–Kier alpha value is -2.21. The molecule has 0 unspecified atom stereocenters. The van der Waals surface area contributed by atoms with Crippen LogP contribution < -0.4 is 5.73 Å². The Kier molecular flexibility index (Phi) is 4.09. The van der Waals surface area contributed by atoms with Crippen LogP contribution in [-0.2, 0) is 6.54 Å². The summed E-state index contributed by atoms with van der Waals surface area (Å²) in [7, 11) is 0. The van der Waals surface area contributed by atoms with E-state index < -0.39 is 0 Å². The minimum Gasteiger partial charge on any atom is -0.383 e. The maximum atomic E-state index is 6.32. The standard InChI is InChI=1S/C18H23N3/c1-7-8-21-17(19)16(20-18(21)11(2)3)15-10-13(5)12(4)9-14(15)6/h1,9-11H,8,19H2,2-6H3. The maximum Gasteiger partial charge on any atom is 0.132 e. The van der Waals surface area contributed by atoms with E-state index in [9.17, 15) is 0 Å². The summed E-state index contributed by atoms with van der Waals surface area (Å²) in [4.78, 5) is 4.77. The Bertz CT molecular complexity index is 715. The first-order chi connectivity index (χ1) is 9.86. The van der Waals surface area contributed by atoms with Crippen LogP contribution in [-0.4, -0.2) is 9.55 Å². The SMILES string of the molecule is C#CCn1c(C(C)C)nc(-c2cc(C)c(C)cc2C)c1N. The zero-order valence-corrected chi connectivity index (χ0v) is 13.5. The lowest BCUT2D eigenvalue weighted by Gasteiger charge is -2.09. The highest BCUT2D eigenvalue weighted by Gasteiger charge is 2.19. The fourth-order valence-electron chi connectivity index (χ4n) is 2.60. The molecule has 0 amide bonds. The third-order valence-corrected chi connectivity index (χ3v) is 3.90. The fourth-order valence-corrected chi connectivity index (χ4v) is 2.60. The van der Waals surface area contributed by atoms with Gasteiger partial charge in [0.2, 0.25) is 0 Å². The van der Waals surface area contributed by atoms with E-state index >= 15 is 0 Å². The molecule has 1 heterocycles. The van der Waals surface area contributed by atoms with Gasteiger partial charge in [-0.05, 0) is 43.5 Å². The van der Waals surface area contributed by atoms with Gasteiger partial charge in [0.25, 0.3) is 0 Å². The van der Waals surface area contributed by atoms with Crippen molar-refractivity contribution >= 4 is 5.82 Å². The summed E-state index contributed by atoms with van der Waals surface area (Å²) < 4.78 is 1.94. The van der Waals surface area contributed by atoms with Gasteiger partial charge in [0.15, 0.2) is 0 Å². The second kappa shape index (κ2) is 5.65. The molecule has 3 nitrogen and oxygen atoms in total. The molecule has 3 heteroatoms. The van der Waals surface area contributed by atoms with E-state index in [1.54, 1.807) is 0 Å². The van der Waals surface area contributed by atoms with Crippen molar-refractivity contribution in [2.45, 2.75) is 47.1 Å². The van der Waals surface area contributed by atoms with Crippen molar-refractivity contribution in [1.82, 2.24) is 9.55 Å². The Morgan fingerprint density at radius 2 is 1.81 bits per heavy atom. The molecule has 0 fully saturated rings. The van der Waals surface area contributed by atoms with Crippen LogP contribution in [0.15, 0.2) is 12.1 Å². The molecule has 0 aliphatic carbocycles. The van der Waals surface area contributed by atoms with Crippen LogP contribution in [0.1, 0.15) is 42.3 Å². The van der Waals surface area contributed by atoms with Crippen LogP contribution in [0.2, 0.25) is 0 Å². The first-order valence-corrected chi connectivity index (χ1v) is 7.24. The Labute approximate surface area is 127 Å². The molecule has 0 atom stereocenters. The van der Waals surface area contributed by atoms with Gasteiger partial charge in [-0.25, -0.2) is 4.98 Å². The van der Waals surface area contributed by atoms with E-state index in [4.69, 9.17) is 17.1 Å². The van der Waals surface area contributed by atoms with E-state index in [-0.39, 0.29) is 5.92 Å². The molecular weight excluding hydrogens is 258 g/mol. The van der Waals surface area contributed by atoms with Crippen LogP contribution in [0.25, 0.3) is 11.3 Å². The summed E-state index contributed by atoms with van der Waals surface area (Å²) in [6, 6.07) is 4.34. The zero-order valence-electron chi connectivity index (χ0n) is 13.5. The molecule has 0 bridgehead atoms. The van der Waals surface area contributed by atoms with Gasteiger partial charge in [-0.1, -0.05) is 25.8 Å². The number of terminal acetylenes is 1. The molecule has 0 saturated heterocycles. The van der Waals surface area contributed by atoms with Crippen molar-refractivity contribution in [2.24, 2.45) is 0 Å². The van der Waals surface area contributed by atoms with Crippen molar-refractivity contribution in [3.05, 3.63) is 34.6 Å². The van der Waals surface area contributed by atoms with E-state index in [1.807, 2.05) is 4.57 Å². The Morgan fingerprint density at radius 3 is 2.38 bits per heavy atom. The fraction of sp³-hybridized carbons (Fsp3) is 0.389. The third kappa shape index (κ3) is 2.67. The monoisotopic (exact) mass is 281 g/mol. The number of aromatic nitrogens is 2. The molecule has 21 heavy (non-hydrogen) atoms. The number of rotatable bonds is 3. The number of nitrogen functional groups attached to an aromatic ring is 1. The van der Waals surface area contributed by atoms with Gasteiger partial charge >= 0.3 is 0 Å². The first kappa shape index (κ1) is 15.2. The molecule has 2 N–H and O–H groups in total. The second-order valence-corrected chi connectivity index (χ2v) is 5.90. The highest BCUT2D eigenvalue weighted by atomic mass is 15.1. The van der Waals surface area contributed by atoms with Crippen molar-refractivity contribution in [3.8, 4) is 23.6 Å². The number of aryl methyl sites for hydroxylation is 3. The van der Waals surface area contributed by atoms with Gasteiger partial charge in [0.05, 0.1) is 6.54 Å². The predicted molar refractivity (Wildman–Crippen MR) is 89.2 cm³/mol. The van der Waals surface area contributed by atoms with Gasteiger partial charge in [-0.2, -0.15) is 0 Å². The first-order valence-electron chi connectivity index (χ1n) is 7.24. The van der Waals surface area contributed by atoms with Gasteiger partial charge < -0.3 is 10.3 Å². The zero-order chi connectivity index (χ0) is 15.7. The number of nitrogens with zero attached hydrogens (tertiary/aromatic N) is 2. The normalized spacial score (nSPS) is 10.9. The number of imidazole rings is 1. The largest absolute Gasteiger partial charge is 0.383 e. The molecule has 1 aromatic heterocycles. The molecule has 0 aliphatic heterocycles. The topological polar surface area (TPSA) is 43.8 Å². The molecule has 1 aromatic carbocycles. The van der Waals surface area contributed by atoms with E-state index in [0.29, 0.717) is 12.4 Å². The molecule has 0 spiro atoms. The summed E-state index contributed by atoms with van der Waals surface area (Å²) in [6.45, 7) is 11.0. The lowest BCUT2D eigenvalue weighted by molar-refractivity contribution is 0.691. The van der Waals surface area contributed by atoms with E-state index in [1.165, 1.54) is 16.7 Å². The number of anilines is 1. The number of nitrogens with two attached hydrogens (primary N) is 1.